The van der Waals surface area contributed by atoms with Gasteiger partial charge in [0.2, 0.25) is 0 Å². The third-order valence-corrected chi connectivity index (χ3v) is 3.31. The summed E-state index contributed by atoms with van der Waals surface area (Å²) in [7, 11) is 1.81. The van der Waals surface area contributed by atoms with Gasteiger partial charge in [-0.1, -0.05) is 29.8 Å². The van der Waals surface area contributed by atoms with Crippen molar-refractivity contribution in [2.45, 2.75) is 20.1 Å². The normalized spacial score (nSPS) is 10.7. The van der Waals surface area contributed by atoms with Crippen LogP contribution < -0.4 is 10.5 Å². The molecule has 2 N–H and O–H groups in total. The van der Waals surface area contributed by atoms with Crippen molar-refractivity contribution in [1.82, 2.24) is 9.78 Å². The SMILES string of the molecule is Cc1nn(C)c(Cl)c1COc1ccccc1CN. The summed E-state index contributed by atoms with van der Waals surface area (Å²) >= 11 is 6.15. The van der Waals surface area contributed by atoms with Gasteiger partial charge in [-0.25, -0.2) is 0 Å². The monoisotopic (exact) mass is 265 g/mol. The molecular formula is C13H16ClN3O. The summed E-state index contributed by atoms with van der Waals surface area (Å²) in [6.07, 6.45) is 0. The third-order valence-electron chi connectivity index (χ3n) is 2.83. The molecule has 0 amide bonds. The first-order valence-corrected chi connectivity index (χ1v) is 6.10. The van der Waals surface area contributed by atoms with E-state index < -0.39 is 0 Å². The fourth-order valence-corrected chi connectivity index (χ4v) is 2.03. The molecule has 2 rings (SSSR count). The fourth-order valence-electron chi connectivity index (χ4n) is 1.80. The van der Waals surface area contributed by atoms with E-state index >= 15 is 0 Å². The Morgan fingerprint density at radius 2 is 2.11 bits per heavy atom. The number of nitrogens with zero attached hydrogens (tertiary/aromatic N) is 2. The highest BCUT2D eigenvalue weighted by Gasteiger charge is 2.12. The van der Waals surface area contributed by atoms with Crippen LogP contribution in [0.15, 0.2) is 24.3 Å². The Bertz CT molecular complexity index is 551. The molecule has 5 heteroatoms. The van der Waals surface area contributed by atoms with Gasteiger partial charge in [-0.05, 0) is 13.0 Å². The molecule has 2 aromatic rings. The molecule has 1 heterocycles. The summed E-state index contributed by atoms with van der Waals surface area (Å²) in [6.45, 7) is 2.77. The molecular weight excluding hydrogens is 250 g/mol. The highest BCUT2D eigenvalue weighted by Crippen LogP contribution is 2.23. The molecule has 1 aromatic carbocycles. The third kappa shape index (κ3) is 2.49. The minimum absolute atomic E-state index is 0.398. The highest BCUT2D eigenvalue weighted by atomic mass is 35.5. The van der Waals surface area contributed by atoms with Crippen LogP contribution in [0.4, 0.5) is 0 Å². The van der Waals surface area contributed by atoms with Crippen molar-refractivity contribution in [3.63, 3.8) is 0 Å². The van der Waals surface area contributed by atoms with Gasteiger partial charge in [0, 0.05) is 24.7 Å². The first-order chi connectivity index (χ1) is 8.63. The summed E-state index contributed by atoms with van der Waals surface area (Å²) in [6, 6.07) is 7.72. The van der Waals surface area contributed by atoms with E-state index in [2.05, 4.69) is 5.10 Å². The van der Waals surface area contributed by atoms with Gasteiger partial charge in [-0.15, -0.1) is 0 Å². The van der Waals surface area contributed by atoms with Crippen molar-refractivity contribution < 1.29 is 4.74 Å². The first-order valence-electron chi connectivity index (χ1n) is 5.72. The molecule has 4 nitrogen and oxygen atoms in total. The second kappa shape index (κ2) is 5.42. The smallest absolute Gasteiger partial charge is 0.133 e. The fraction of sp³-hybridized carbons (Fsp3) is 0.308. The molecule has 0 spiro atoms. The van der Waals surface area contributed by atoms with Gasteiger partial charge < -0.3 is 10.5 Å². The van der Waals surface area contributed by atoms with Crippen LogP contribution in [0.1, 0.15) is 16.8 Å². The number of rotatable bonds is 4. The van der Waals surface area contributed by atoms with Crippen LogP contribution in [0.5, 0.6) is 5.75 Å². The number of hydrogen-bond acceptors (Lipinski definition) is 3. The molecule has 0 saturated carbocycles. The molecule has 0 aliphatic heterocycles. The van der Waals surface area contributed by atoms with E-state index in [0.29, 0.717) is 18.3 Å². The maximum Gasteiger partial charge on any atom is 0.133 e. The van der Waals surface area contributed by atoms with Gasteiger partial charge in [-0.3, -0.25) is 4.68 Å². The zero-order chi connectivity index (χ0) is 13.1. The average Bonchev–Trinajstić information content (AvgIpc) is 2.62. The molecule has 1 aromatic heterocycles. The van der Waals surface area contributed by atoms with Crippen LogP contribution in [-0.2, 0) is 20.2 Å². The van der Waals surface area contributed by atoms with E-state index in [4.69, 9.17) is 22.1 Å². The zero-order valence-electron chi connectivity index (χ0n) is 10.5. The van der Waals surface area contributed by atoms with E-state index in [0.717, 1.165) is 22.6 Å². The molecule has 18 heavy (non-hydrogen) atoms. The molecule has 0 fully saturated rings. The standard InChI is InChI=1S/C13H16ClN3O/c1-9-11(13(14)17(2)16-9)8-18-12-6-4-3-5-10(12)7-15/h3-6H,7-8,15H2,1-2H3. The lowest BCUT2D eigenvalue weighted by Gasteiger charge is -2.09. The number of ether oxygens (including phenoxy) is 1. The molecule has 0 aliphatic rings. The van der Waals surface area contributed by atoms with Crippen LogP contribution in [0, 0.1) is 6.92 Å². The number of halogens is 1. The topological polar surface area (TPSA) is 53.1 Å². The van der Waals surface area contributed by atoms with Crippen LogP contribution in [0.3, 0.4) is 0 Å². The summed E-state index contributed by atoms with van der Waals surface area (Å²) < 4.78 is 7.41. The molecule has 0 bridgehead atoms. The Hall–Kier alpha value is -1.52. The maximum atomic E-state index is 6.15. The number of nitrogens with two attached hydrogens (primary N) is 1. The molecule has 0 unspecified atom stereocenters. The van der Waals surface area contributed by atoms with Crippen LogP contribution >= 0.6 is 11.6 Å². The van der Waals surface area contributed by atoms with Crippen LogP contribution in [0.2, 0.25) is 5.15 Å². The van der Waals surface area contributed by atoms with E-state index in [1.54, 1.807) is 4.68 Å². The van der Waals surface area contributed by atoms with Crippen molar-refractivity contribution in [2.75, 3.05) is 0 Å². The van der Waals surface area contributed by atoms with Gasteiger partial charge >= 0.3 is 0 Å². The average molecular weight is 266 g/mol. The van der Waals surface area contributed by atoms with E-state index in [1.807, 2.05) is 38.2 Å². The summed E-state index contributed by atoms with van der Waals surface area (Å²) in [5.74, 6) is 0.791. The predicted octanol–water partition coefficient (Wildman–Crippen LogP) is 2.42. The van der Waals surface area contributed by atoms with Gasteiger partial charge in [0.1, 0.15) is 17.5 Å². The Labute approximate surface area is 111 Å². The van der Waals surface area contributed by atoms with Crippen LogP contribution in [-0.4, -0.2) is 9.78 Å². The highest BCUT2D eigenvalue weighted by molar-refractivity contribution is 6.30. The number of para-hydroxylation sites is 1. The van der Waals surface area contributed by atoms with Crippen molar-refractivity contribution >= 4 is 11.6 Å². The molecule has 0 saturated heterocycles. The van der Waals surface area contributed by atoms with Gasteiger partial charge in [0.05, 0.1) is 5.69 Å². The lowest BCUT2D eigenvalue weighted by atomic mass is 10.2. The largest absolute Gasteiger partial charge is 0.488 e. The quantitative estimate of drug-likeness (QED) is 0.924. The van der Waals surface area contributed by atoms with E-state index in [-0.39, 0.29) is 0 Å². The molecule has 0 atom stereocenters. The summed E-state index contributed by atoms with van der Waals surface area (Å²) in [4.78, 5) is 0. The Morgan fingerprint density at radius 1 is 1.39 bits per heavy atom. The molecule has 0 aliphatic carbocycles. The summed E-state index contributed by atoms with van der Waals surface area (Å²) in [5.41, 5.74) is 8.43. The predicted molar refractivity (Wildman–Crippen MR) is 71.6 cm³/mol. The lowest BCUT2D eigenvalue weighted by Crippen LogP contribution is -2.03. The number of benzene rings is 1. The summed E-state index contributed by atoms with van der Waals surface area (Å²) in [5, 5.41) is 4.85. The van der Waals surface area contributed by atoms with Crippen molar-refractivity contribution in [2.24, 2.45) is 12.8 Å². The molecule has 96 valence electrons. The second-order valence-electron chi connectivity index (χ2n) is 4.08. The minimum atomic E-state index is 0.398. The minimum Gasteiger partial charge on any atom is -0.488 e. The Morgan fingerprint density at radius 3 is 2.72 bits per heavy atom. The lowest BCUT2D eigenvalue weighted by molar-refractivity contribution is 0.302. The van der Waals surface area contributed by atoms with Crippen molar-refractivity contribution in [3.8, 4) is 5.75 Å². The van der Waals surface area contributed by atoms with E-state index in [1.165, 1.54) is 0 Å². The zero-order valence-corrected chi connectivity index (χ0v) is 11.2. The number of aromatic nitrogens is 2. The van der Waals surface area contributed by atoms with Gasteiger partial charge in [0.25, 0.3) is 0 Å². The number of hydrogen-bond donors (Lipinski definition) is 1. The van der Waals surface area contributed by atoms with Crippen molar-refractivity contribution in [1.29, 1.82) is 0 Å². The van der Waals surface area contributed by atoms with Crippen LogP contribution in [0.25, 0.3) is 0 Å². The molecule has 0 radical (unpaired) electrons. The first kappa shape index (κ1) is 12.9. The van der Waals surface area contributed by atoms with Gasteiger partial charge in [-0.2, -0.15) is 5.10 Å². The van der Waals surface area contributed by atoms with E-state index in [9.17, 15) is 0 Å². The maximum absolute atomic E-state index is 6.15. The Kier molecular flexibility index (Phi) is 3.89. The van der Waals surface area contributed by atoms with Gasteiger partial charge in [0.15, 0.2) is 0 Å². The second-order valence-corrected chi connectivity index (χ2v) is 4.44. The van der Waals surface area contributed by atoms with Crippen molar-refractivity contribution in [3.05, 3.63) is 46.2 Å². The number of aryl methyl sites for hydroxylation is 2. The Balaban J connectivity index is 2.16.